The second-order valence-corrected chi connectivity index (χ2v) is 8.45. The summed E-state index contributed by atoms with van der Waals surface area (Å²) < 4.78 is 5.66. The van der Waals surface area contributed by atoms with Gasteiger partial charge in [0, 0.05) is 72.0 Å². The Labute approximate surface area is 170 Å². The Morgan fingerprint density at radius 1 is 1.04 bits per heavy atom. The Morgan fingerprint density at radius 2 is 1.75 bits per heavy atom. The van der Waals surface area contributed by atoms with Crippen LogP contribution in [0, 0.1) is 11.8 Å². The molecule has 2 N–H and O–H groups in total. The first-order valence-electron chi connectivity index (χ1n) is 11.3. The molecule has 7 nitrogen and oxygen atoms in total. The average Bonchev–Trinajstić information content (AvgIpc) is 3.39. The molecule has 0 atom stereocenters. The van der Waals surface area contributed by atoms with E-state index in [2.05, 4.69) is 25.4 Å². The van der Waals surface area contributed by atoms with Crippen LogP contribution in [0.4, 0.5) is 0 Å². The van der Waals surface area contributed by atoms with Gasteiger partial charge in [-0.3, -0.25) is 14.7 Å². The number of carbonyl (C=O) groups excluding carboxylic acids is 1. The SMILES string of the molecule is CN=C(NCCCOCC1CC1)NCCN1CCN(C(=O)C2CCCC2)CC1. The van der Waals surface area contributed by atoms with Gasteiger partial charge in [0.25, 0.3) is 0 Å². The van der Waals surface area contributed by atoms with E-state index >= 15 is 0 Å². The zero-order chi connectivity index (χ0) is 19.6. The summed E-state index contributed by atoms with van der Waals surface area (Å²) in [4.78, 5) is 21.3. The second kappa shape index (κ2) is 11.6. The topological polar surface area (TPSA) is 69.2 Å². The summed E-state index contributed by atoms with van der Waals surface area (Å²) in [6.45, 7) is 8.20. The van der Waals surface area contributed by atoms with Crippen LogP contribution in [-0.4, -0.2) is 87.7 Å². The van der Waals surface area contributed by atoms with Gasteiger partial charge in [0.05, 0.1) is 0 Å². The van der Waals surface area contributed by atoms with E-state index in [9.17, 15) is 4.79 Å². The van der Waals surface area contributed by atoms with Crippen molar-refractivity contribution in [2.24, 2.45) is 16.8 Å². The van der Waals surface area contributed by atoms with Crippen molar-refractivity contribution < 1.29 is 9.53 Å². The summed E-state index contributed by atoms with van der Waals surface area (Å²) in [5.41, 5.74) is 0. The van der Waals surface area contributed by atoms with E-state index in [0.717, 1.165) is 90.2 Å². The maximum absolute atomic E-state index is 12.5. The molecule has 0 radical (unpaired) electrons. The number of carbonyl (C=O) groups is 1. The van der Waals surface area contributed by atoms with E-state index in [4.69, 9.17) is 4.74 Å². The predicted molar refractivity (Wildman–Crippen MR) is 113 cm³/mol. The van der Waals surface area contributed by atoms with Gasteiger partial charge in [0.2, 0.25) is 5.91 Å². The molecule has 1 saturated heterocycles. The molecule has 3 aliphatic rings. The van der Waals surface area contributed by atoms with E-state index in [-0.39, 0.29) is 0 Å². The monoisotopic (exact) mass is 393 g/mol. The minimum Gasteiger partial charge on any atom is -0.381 e. The van der Waals surface area contributed by atoms with Crippen LogP contribution in [0.3, 0.4) is 0 Å². The summed E-state index contributed by atoms with van der Waals surface area (Å²) in [5.74, 6) is 2.41. The Bertz CT molecular complexity index is 495. The summed E-state index contributed by atoms with van der Waals surface area (Å²) in [7, 11) is 1.81. The van der Waals surface area contributed by atoms with Crippen molar-refractivity contribution in [3.63, 3.8) is 0 Å². The van der Waals surface area contributed by atoms with Crippen molar-refractivity contribution in [1.82, 2.24) is 20.4 Å². The number of nitrogens with one attached hydrogen (secondary N) is 2. The standard InChI is InChI=1S/C21H39N5O2/c1-22-21(23-9-4-16-28-17-18-7-8-18)24-10-11-25-12-14-26(15-13-25)20(27)19-5-2-3-6-19/h18-19H,2-17H2,1H3,(H2,22,23,24). The van der Waals surface area contributed by atoms with Crippen LogP contribution in [0.1, 0.15) is 44.9 Å². The smallest absolute Gasteiger partial charge is 0.225 e. The lowest BCUT2D eigenvalue weighted by molar-refractivity contribution is -0.137. The third-order valence-electron chi connectivity index (χ3n) is 6.14. The Kier molecular flexibility index (Phi) is 8.86. The molecule has 160 valence electrons. The van der Waals surface area contributed by atoms with Crippen molar-refractivity contribution >= 4 is 11.9 Å². The van der Waals surface area contributed by atoms with E-state index in [0.29, 0.717) is 11.8 Å². The molecule has 0 unspecified atom stereocenters. The summed E-state index contributed by atoms with van der Waals surface area (Å²) >= 11 is 0. The maximum atomic E-state index is 12.5. The van der Waals surface area contributed by atoms with Crippen molar-refractivity contribution in [3.05, 3.63) is 0 Å². The third kappa shape index (κ3) is 7.24. The molecule has 0 bridgehead atoms. The minimum absolute atomic E-state index is 0.307. The van der Waals surface area contributed by atoms with E-state index in [1.165, 1.54) is 25.7 Å². The number of guanidine groups is 1. The van der Waals surface area contributed by atoms with Gasteiger partial charge in [0.1, 0.15) is 0 Å². The fourth-order valence-electron chi connectivity index (χ4n) is 4.09. The van der Waals surface area contributed by atoms with Crippen LogP contribution in [0.15, 0.2) is 4.99 Å². The molecule has 0 aromatic rings. The van der Waals surface area contributed by atoms with Gasteiger partial charge in [-0.25, -0.2) is 0 Å². The molecule has 0 aromatic carbocycles. The third-order valence-corrected chi connectivity index (χ3v) is 6.14. The number of piperazine rings is 1. The molecular formula is C21H39N5O2. The number of hydrogen-bond acceptors (Lipinski definition) is 4. The normalized spacial score (nSPS) is 21.9. The highest BCUT2D eigenvalue weighted by Crippen LogP contribution is 2.28. The van der Waals surface area contributed by atoms with Gasteiger partial charge >= 0.3 is 0 Å². The first kappa shape index (κ1) is 21.4. The summed E-state index contributed by atoms with van der Waals surface area (Å²) in [5, 5.41) is 6.74. The van der Waals surface area contributed by atoms with Crippen molar-refractivity contribution in [2.75, 3.05) is 66.1 Å². The fraction of sp³-hybridized carbons (Fsp3) is 0.905. The largest absolute Gasteiger partial charge is 0.381 e. The van der Waals surface area contributed by atoms with Gasteiger partial charge in [-0.05, 0) is 38.0 Å². The van der Waals surface area contributed by atoms with Gasteiger partial charge in [-0.2, -0.15) is 0 Å². The molecule has 0 spiro atoms. The van der Waals surface area contributed by atoms with E-state index in [1.54, 1.807) is 0 Å². The molecule has 3 rings (SSSR count). The molecular weight excluding hydrogens is 354 g/mol. The highest BCUT2D eigenvalue weighted by atomic mass is 16.5. The average molecular weight is 394 g/mol. The quantitative estimate of drug-likeness (QED) is 0.333. The minimum atomic E-state index is 0.307. The van der Waals surface area contributed by atoms with Gasteiger partial charge in [0.15, 0.2) is 5.96 Å². The van der Waals surface area contributed by atoms with Crippen LogP contribution in [0.2, 0.25) is 0 Å². The molecule has 3 fully saturated rings. The summed E-state index contributed by atoms with van der Waals surface area (Å²) in [6.07, 6.45) is 8.35. The van der Waals surface area contributed by atoms with E-state index in [1.807, 2.05) is 7.05 Å². The number of amides is 1. The summed E-state index contributed by atoms with van der Waals surface area (Å²) in [6, 6.07) is 0. The van der Waals surface area contributed by atoms with Crippen molar-refractivity contribution in [2.45, 2.75) is 44.9 Å². The van der Waals surface area contributed by atoms with Crippen LogP contribution in [-0.2, 0) is 9.53 Å². The highest BCUT2D eigenvalue weighted by molar-refractivity contribution is 5.79. The highest BCUT2D eigenvalue weighted by Gasteiger charge is 2.29. The molecule has 1 aliphatic heterocycles. The van der Waals surface area contributed by atoms with Crippen molar-refractivity contribution in [1.29, 1.82) is 0 Å². The van der Waals surface area contributed by atoms with Crippen LogP contribution < -0.4 is 10.6 Å². The van der Waals surface area contributed by atoms with E-state index < -0.39 is 0 Å². The fourth-order valence-corrected chi connectivity index (χ4v) is 4.09. The number of nitrogens with zero attached hydrogens (tertiary/aromatic N) is 3. The zero-order valence-electron chi connectivity index (χ0n) is 17.6. The van der Waals surface area contributed by atoms with Crippen LogP contribution in [0.25, 0.3) is 0 Å². The lowest BCUT2D eigenvalue weighted by Gasteiger charge is -2.36. The Morgan fingerprint density at radius 3 is 2.43 bits per heavy atom. The second-order valence-electron chi connectivity index (χ2n) is 8.45. The predicted octanol–water partition coefficient (Wildman–Crippen LogP) is 1.30. The molecule has 2 saturated carbocycles. The van der Waals surface area contributed by atoms with Crippen LogP contribution >= 0.6 is 0 Å². The lowest BCUT2D eigenvalue weighted by Crippen LogP contribution is -2.51. The maximum Gasteiger partial charge on any atom is 0.225 e. The lowest BCUT2D eigenvalue weighted by atomic mass is 10.1. The van der Waals surface area contributed by atoms with Gasteiger partial charge in [-0.15, -0.1) is 0 Å². The molecule has 7 heteroatoms. The van der Waals surface area contributed by atoms with Gasteiger partial charge < -0.3 is 20.3 Å². The Balaban J connectivity index is 1.20. The number of hydrogen-bond donors (Lipinski definition) is 2. The molecule has 0 aromatic heterocycles. The van der Waals surface area contributed by atoms with Gasteiger partial charge in [-0.1, -0.05) is 12.8 Å². The molecule has 1 heterocycles. The number of rotatable bonds is 10. The first-order valence-corrected chi connectivity index (χ1v) is 11.3. The molecule has 28 heavy (non-hydrogen) atoms. The van der Waals surface area contributed by atoms with Crippen LogP contribution in [0.5, 0.6) is 0 Å². The number of aliphatic imine (C=N–C) groups is 1. The van der Waals surface area contributed by atoms with Crippen molar-refractivity contribution in [3.8, 4) is 0 Å². The zero-order valence-corrected chi connectivity index (χ0v) is 17.6. The Hall–Kier alpha value is -1.34. The number of ether oxygens (including phenoxy) is 1. The molecule has 2 aliphatic carbocycles. The molecule has 1 amide bonds. The first-order chi connectivity index (χ1) is 13.8.